The minimum absolute atomic E-state index is 0.0702. The summed E-state index contributed by atoms with van der Waals surface area (Å²) in [5.74, 6) is 1.13. The summed E-state index contributed by atoms with van der Waals surface area (Å²) < 4.78 is 39.4. The van der Waals surface area contributed by atoms with Crippen molar-refractivity contribution in [1.29, 1.82) is 0 Å². The van der Waals surface area contributed by atoms with Gasteiger partial charge in [-0.15, -0.1) is 10.2 Å². The van der Waals surface area contributed by atoms with Gasteiger partial charge in [0.05, 0.1) is 12.1 Å². The maximum absolute atomic E-state index is 12.5. The van der Waals surface area contributed by atoms with Crippen LogP contribution in [0.2, 0.25) is 0 Å². The van der Waals surface area contributed by atoms with Gasteiger partial charge in [-0.2, -0.15) is 13.2 Å². The largest absolute Gasteiger partial charge is 0.416 e. The molecule has 0 saturated heterocycles. The zero-order valence-corrected chi connectivity index (χ0v) is 11.1. The number of alkyl halides is 3. The second kappa shape index (κ2) is 5.24. The molecule has 2 N–H and O–H groups in total. The first-order chi connectivity index (χ1) is 9.34. The lowest BCUT2D eigenvalue weighted by atomic mass is 10.1. The summed E-state index contributed by atoms with van der Waals surface area (Å²) >= 11 is 0. The zero-order chi connectivity index (χ0) is 14.9. The van der Waals surface area contributed by atoms with Crippen LogP contribution in [0, 0.1) is 0 Å². The van der Waals surface area contributed by atoms with Gasteiger partial charge in [-0.1, -0.05) is 12.1 Å². The molecule has 0 aliphatic carbocycles. The van der Waals surface area contributed by atoms with Crippen LogP contribution in [0.25, 0.3) is 11.4 Å². The Balaban J connectivity index is 2.45. The van der Waals surface area contributed by atoms with E-state index in [9.17, 15) is 13.2 Å². The molecule has 0 amide bonds. The highest BCUT2D eigenvalue weighted by Gasteiger charge is 2.30. The molecule has 0 atom stereocenters. The van der Waals surface area contributed by atoms with Crippen molar-refractivity contribution in [1.82, 2.24) is 14.8 Å². The molecule has 4 nitrogen and oxygen atoms in total. The Morgan fingerprint density at radius 2 is 1.75 bits per heavy atom. The standard InChI is InChI=1S/C13H15F3N4/c1-8(2)20-11(7-17)18-19-12(20)9-3-5-10(6-4-9)13(14,15)16/h3-6,8H,7,17H2,1-2H3. The van der Waals surface area contributed by atoms with Crippen molar-refractivity contribution in [2.24, 2.45) is 5.73 Å². The van der Waals surface area contributed by atoms with E-state index in [1.165, 1.54) is 12.1 Å². The van der Waals surface area contributed by atoms with E-state index >= 15 is 0 Å². The normalized spacial score (nSPS) is 12.2. The topological polar surface area (TPSA) is 56.7 Å². The number of nitrogens with zero attached hydrogens (tertiary/aromatic N) is 3. The van der Waals surface area contributed by atoms with E-state index in [4.69, 9.17) is 5.73 Å². The molecular formula is C13H15F3N4. The average Bonchev–Trinajstić information content (AvgIpc) is 2.81. The highest BCUT2D eigenvalue weighted by molar-refractivity contribution is 5.56. The van der Waals surface area contributed by atoms with E-state index in [-0.39, 0.29) is 12.6 Å². The van der Waals surface area contributed by atoms with Crippen LogP contribution in [-0.2, 0) is 12.7 Å². The Labute approximate surface area is 114 Å². The molecule has 0 fully saturated rings. The van der Waals surface area contributed by atoms with E-state index in [0.29, 0.717) is 17.2 Å². The van der Waals surface area contributed by atoms with Crippen LogP contribution >= 0.6 is 0 Å². The highest BCUT2D eigenvalue weighted by Crippen LogP contribution is 2.31. The SMILES string of the molecule is CC(C)n1c(CN)nnc1-c1ccc(C(F)(F)F)cc1. The van der Waals surface area contributed by atoms with Crippen molar-refractivity contribution < 1.29 is 13.2 Å². The van der Waals surface area contributed by atoms with Crippen molar-refractivity contribution in [3.8, 4) is 11.4 Å². The molecular weight excluding hydrogens is 269 g/mol. The molecule has 20 heavy (non-hydrogen) atoms. The van der Waals surface area contributed by atoms with E-state index in [1.807, 2.05) is 18.4 Å². The summed E-state index contributed by atoms with van der Waals surface area (Å²) in [5, 5.41) is 7.99. The predicted octanol–water partition coefficient (Wildman–Crippen LogP) is 3.00. The Morgan fingerprint density at radius 3 is 2.20 bits per heavy atom. The van der Waals surface area contributed by atoms with Gasteiger partial charge in [0.2, 0.25) is 0 Å². The van der Waals surface area contributed by atoms with Crippen molar-refractivity contribution in [3.63, 3.8) is 0 Å². The molecule has 0 bridgehead atoms. The van der Waals surface area contributed by atoms with Crippen molar-refractivity contribution in [2.45, 2.75) is 32.6 Å². The van der Waals surface area contributed by atoms with Gasteiger partial charge >= 0.3 is 6.18 Å². The number of hydrogen-bond acceptors (Lipinski definition) is 3. The summed E-state index contributed by atoms with van der Waals surface area (Å²) in [6.45, 7) is 4.11. The number of nitrogens with two attached hydrogens (primary N) is 1. The lowest BCUT2D eigenvalue weighted by Gasteiger charge is -2.14. The Morgan fingerprint density at radius 1 is 1.15 bits per heavy atom. The smallest absolute Gasteiger partial charge is 0.324 e. The number of halogens is 3. The molecule has 0 aliphatic rings. The van der Waals surface area contributed by atoms with Crippen LogP contribution in [0.3, 0.4) is 0 Å². The third kappa shape index (κ3) is 2.67. The fourth-order valence-electron chi connectivity index (χ4n) is 2.01. The van der Waals surface area contributed by atoms with Crippen molar-refractivity contribution in [3.05, 3.63) is 35.7 Å². The zero-order valence-electron chi connectivity index (χ0n) is 11.1. The fraction of sp³-hybridized carbons (Fsp3) is 0.385. The summed E-state index contributed by atoms with van der Waals surface area (Å²) in [6.07, 6.45) is -4.34. The number of aromatic nitrogens is 3. The van der Waals surface area contributed by atoms with E-state index in [1.54, 1.807) is 0 Å². The molecule has 0 spiro atoms. The predicted molar refractivity (Wildman–Crippen MR) is 68.7 cm³/mol. The summed E-state index contributed by atoms with van der Waals surface area (Å²) in [4.78, 5) is 0. The Kier molecular flexibility index (Phi) is 3.80. The van der Waals surface area contributed by atoms with Crippen LogP contribution in [0.4, 0.5) is 13.2 Å². The Bertz CT molecular complexity index is 585. The van der Waals surface area contributed by atoms with Gasteiger partial charge in [0.15, 0.2) is 5.82 Å². The van der Waals surface area contributed by atoms with Gasteiger partial charge in [0.25, 0.3) is 0 Å². The van der Waals surface area contributed by atoms with E-state index < -0.39 is 11.7 Å². The third-order valence-electron chi connectivity index (χ3n) is 2.94. The van der Waals surface area contributed by atoms with E-state index in [2.05, 4.69) is 10.2 Å². The minimum Gasteiger partial charge on any atom is -0.324 e. The van der Waals surface area contributed by atoms with Gasteiger partial charge in [-0.05, 0) is 26.0 Å². The molecule has 7 heteroatoms. The van der Waals surface area contributed by atoms with E-state index in [0.717, 1.165) is 12.1 Å². The first-order valence-corrected chi connectivity index (χ1v) is 6.16. The molecule has 0 radical (unpaired) electrons. The Hall–Kier alpha value is -1.89. The maximum atomic E-state index is 12.5. The van der Waals surface area contributed by atoms with Crippen molar-refractivity contribution >= 4 is 0 Å². The second-order valence-electron chi connectivity index (χ2n) is 4.68. The van der Waals surface area contributed by atoms with Crippen molar-refractivity contribution in [2.75, 3.05) is 0 Å². The van der Waals surface area contributed by atoms with Crippen LogP contribution in [0.5, 0.6) is 0 Å². The lowest BCUT2D eigenvalue weighted by molar-refractivity contribution is -0.137. The summed E-state index contributed by atoms with van der Waals surface area (Å²) in [5.41, 5.74) is 5.49. The molecule has 2 rings (SSSR count). The monoisotopic (exact) mass is 284 g/mol. The van der Waals surface area contributed by atoms with Gasteiger partial charge < -0.3 is 10.3 Å². The molecule has 1 aromatic heterocycles. The van der Waals surface area contributed by atoms with Gasteiger partial charge in [-0.25, -0.2) is 0 Å². The first kappa shape index (κ1) is 14.5. The van der Waals surface area contributed by atoms with Gasteiger partial charge in [-0.3, -0.25) is 0 Å². The molecule has 0 saturated carbocycles. The molecule has 2 aromatic rings. The number of benzene rings is 1. The number of rotatable bonds is 3. The molecule has 1 heterocycles. The highest BCUT2D eigenvalue weighted by atomic mass is 19.4. The maximum Gasteiger partial charge on any atom is 0.416 e. The average molecular weight is 284 g/mol. The molecule has 108 valence electrons. The first-order valence-electron chi connectivity index (χ1n) is 6.16. The third-order valence-corrected chi connectivity index (χ3v) is 2.94. The van der Waals surface area contributed by atoms with Crippen LogP contribution < -0.4 is 5.73 Å². The molecule has 0 unspecified atom stereocenters. The van der Waals surface area contributed by atoms with Crippen LogP contribution in [-0.4, -0.2) is 14.8 Å². The van der Waals surface area contributed by atoms with Crippen LogP contribution in [0.15, 0.2) is 24.3 Å². The second-order valence-corrected chi connectivity index (χ2v) is 4.68. The van der Waals surface area contributed by atoms with Crippen LogP contribution in [0.1, 0.15) is 31.3 Å². The minimum atomic E-state index is -4.34. The summed E-state index contributed by atoms with van der Waals surface area (Å²) in [7, 11) is 0. The van der Waals surface area contributed by atoms with Gasteiger partial charge in [0, 0.05) is 11.6 Å². The fourth-order valence-corrected chi connectivity index (χ4v) is 2.01. The molecule has 0 aliphatic heterocycles. The summed E-state index contributed by atoms with van der Waals surface area (Å²) in [6, 6.07) is 4.94. The quantitative estimate of drug-likeness (QED) is 0.942. The van der Waals surface area contributed by atoms with Gasteiger partial charge in [0.1, 0.15) is 5.82 Å². The molecule has 1 aromatic carbocycles. The lowest BCUT2D eigenvalue weighted by Crippen LogP contribution is -2.11. The number of hydrogen-bond donors (Lipinski definition) is 1.